The number of benzene rings is 1. The molecule has 0 unspecified atom stereocenters. The van der Waals surface area contributed by atoms with E-state index in [4.69, 9.17) is 10.5 Å². The number of rotatable bonds is 4. The molecule has 0 fully saturated rings. The molecular formula is C12H14BrN3O. The molecule has 0 saturated heterocycles. The van der Waals surface area contributed by atoms with Crippen LogP contribution in [0.25, 0.3) is 11.3 Å². The van der Waals surface area contributed by atoms with Gasteiger partial charge in [-0.15, -0.1) is 0 Å². The van der Waals surface area contributed by atoms with Gasteiger partial charge >= 0.3 is 0 Å². The highest BCUT2D eigenvalue weighted by Gasteiger charge is 2.10. The van der Waals surface area contributed by atoms with Crippen LogP contribution in [0, 0.1) is 0 Å². The molecule has 90 valence electrons. The lowest BCUT2D eigenvalue weighted by Gasteiger charge is -2.06. The fourth-order valence-corrected chi connectivity index (χ4v) is 2.02. The van der Waals surface area contributed by atoms with E-state index in [2.05, 4.69) is 26.1 Å². The van der Waals surface area contributed by atoms with Gasteiger partial charge in [-0.2, -0.15) is 5.10 Å². The topological polar surface area (TPSA) is 63.9 Å². The summed E-state index contributed by atoms with van der Waals surface area (Å²) in [6, 6.07) is 7.84. The molecule has 1 aromatic heterocycles. The zero-order valence-corrected chi connectivity index (χ0v) is 11.1. The van der Waals surface area contributed by atoms with Gasteiger partial charge in [0.05, 0.1) is 12.8 Å². The average molecular weight is 296 g/mol. The van der Waals surface area contributed by atoms with Crippen molar-refractivity contribution >= 4 is 15.9 Å². The van der Waals surface area contributed by atoms with E-state index < -0.39 is 0 Å². The lowest BCUT2D eigenvalue weighted by molar-refractivity contribution is 0.416. The highest BCUT2D eigenvalue weighted by Crippen LogP contribution is 2.31. The second kappa shape index (κ2) is 5.33. The summed E-state index contributed by atoms with van der Waals surface area (Å²) in [4.78, 5) is 0. The maximum Gasteiger partial charge on any atom is 0.128 e. The molecule has 5 heteroatoms. The summed E-state index contributed by atoms with van der Waals surface area (Å²) in [5, 5.41) is 7.25. The van der Waals surface area contributed by atoms with Gasteiger partial charge in [-0.05, 0) is 30.8 Å². The van der Waals surface area contributed by atoms with Crippen molar-refractivity contribution < 1.29 is 4.74 Å². The molecule has 0 atom stereocenters. The van der Waals surface area contributed by atoms with Crippen LogP contribution in [0.3, 0.4) is 0 Å². The first kappa shape index (κ1) is 12.1. The number of nitrogens with zero attached hydrogens (tertiary/aromatic N) is 1. The number of aromatic nitrogens is 2. The number of hydrogen-bond donors (Lipinski definition) is 2. The Labute approximate surface area is 108 Å². The number of ether oxygens (including phenoxy) is 1. The van der Waals surface area contributed by atoms with Crippen molar-refractivity contribution in [2.75, 3.05) is 13.7 Å². The number of methoxy groups -OCH3 is 1. The third kappa shape index (κ3) is 2.68. The molecule has 0 radical (unpaired) electrons. The van der Waals surface area contributed by atoms with Gasteiger partial charge in [0.1, 0.15) is 5.75 Å². The van der Waals surface area contributed by atoms with Crippen molar-refractivity contribution in [2.24, 2.45) is 5.73 Å². The average Bonchev–Trinajstić information content (AvgIpc) is 2.78. The van der Waals surface area contributed by atoms with Gasteiger partial charge in [0.25, 0.3) is 0 Å². The summed E-state index contributed by atoms with van der Waals surface area (Å²) in [6.45, 7) is 0.608. The van der Waals surface area contributed by atoms with Crippen LogP contribution in [0.2, 0.25) is 0 Å². The monoisotopic (exact) mass is 295 g/mol. The lowest BCUT2D eigenvalue weighted by Crippen LogP contribution is -2.02. The van der Waals surface area contributed by atoms with E-state index in [0.717, 1.165) is 33.6 Å². The Morgan fingerprint density at radius 3 is 2.94 bits per heavy atom. The van der Waals surface area contributed by atoms with Gasteiger partial charge in [-0.1, -0.05) is 15.9 Å². The highest BCUT2D eigenvalue weighted by molar-refractivity contribution is 9.10. The SMILES string of the molecule is COc1ccc(Br)cc1-c1cc(CCN)[nH]n1. The van der Waals surface area contributed by atoms with Crippen LogP contribution in [0.1, 0.15) is 5.69 Å². The van der Waals surface area contributed by atoms with E-state index in [0.29, 0.717) is 6.54 Å². The highest BCUT2D eigenvalue weighted by atomic mass is 79.9. The molecule has 0 spiro atoms. The van der Waals surface area contributed by atoms with Crippen LogP contribution in [-0.2, 0) is 6.42 Å². The van der Waals surface area contributed by atoms with Crippen molar-refractivity contribution in [3.05, 3.63) is 34.4 Å². The molecule has 0 amide bonds. The Morgan fingerprint density at radius 2 is 2.24 bits per heavy atom. The van der Waals surface area contributed by atoms with E-state index in [-0.39, 0.29) is 0 Å². The predicted octanol–water partition coefficient (Wildman–Crippen LogP) is 2.35. The van der Waals surface area contributed by atoms with Crippen LogP contribution in [0.15, 0.2) is 28.7 Å². The van der Waals surface area contributed by atoms with E-state index in [1.54, 1.807) is 7.11 Å². The third-order valence-electron chi connectivity index (χ3n) is 2.48. The molecule has 0 bridgehead atoms. The van der Waals surface area contributed by atoms with Gasteiger partial charge in [0.15, 0.2) is 0 Å². The third-order valence-corrected chi connectivity index (χ3v) is 2.98. The minimum absolute atomic E-state index is 0.608. The van der Waals surface area contributed by atoms with E-state index in [9.17, 15) is 0 Å². The van der Waals surface area contributed by atoms with Gasteiger partial charge in [-0.3, -0.25) is 5.10 Å². The zero-order chi connectivity index (χ0) is 12.3. The van der Waals surface area contributed by atoms with Crippen molar-refractivity contribution in [2.45, 2.75) is 6.42 Å². The van der Waals surface area contributed by atoms with Crippen molar-refractivity contribution in [1.29, 1.82) is 0 Å². The largest absolute Gasteiger partial charge is 0.496 e. The fourth-order valence-electron chi connectivity index (χ4n) is 1.66. The van der Waals surface area contributed by atoms with Gasteiger partial charge in [0, 0.05) is 22.2 Å². The minimum Gasteiger partial charge on any atom is -0.496 e. The smallest absolute Gasteiger partial charge is 0.128 e. The summed E-state index contributed by atoms with van der Waals surface area (Å²) < 4.78 is 6.32. The van der Waals surface area contributed by atoms with Gasteiger partial charge < -0.3 is 10.5 Å². The normalized spacial score (nSPS) is 10.5. The van der Waals surface area contributed by atoms with Crippen LogP contribution < -0.4 is 10.5 Å². The number of nitrogens with two attached hydrogens (primary N) is 1. The molecule has 0 saturated carbocycles. The van der Waals surface area contributed by atoms with Crippen molar-refractivity contribution in [3.63, 3.8) is 0 Å². The second-order valence-corrected chi connectivity index (χ2v) is 4.58. The summed E-state index contributed by atoms with van der Waals surface area (Å²) in [6.07, 6.45) is 0.795. The molecular weight excluding hydrogens is 282 g/mol. The molecule has 0 aliphatic rings. The molecule has 0 aliphatic heterocycles. The van der Waals surface area contributed by atoms with E-state index in [1.807, 2.05) is 24.3 Å². The molecule has 1 aromatic carbocycles. The first-order valence-electron chi connectivity index (χ1n) is 5.33. The number of halogens is 1. The van der Waals surface area contributed by atoms with Gasteiger partial charge in [-0.25, -0.2) is 0 Å². The summed E-state index contributed by atoms with van der Waals surface area (Å²) in [5.74, 6) is 0.805. The second-order valence-electron chi connectivity index (χ2n) is 3.66. The van der Waals surface area contributed by atoms with E-state index >= 15 is 0 Å². The van der Waals surface area contributed by atoms with Gasteiger partial charge in [0.2, 0.25) is 0 Å². The molecule has 2 aromatic rings. The van der Waals surface area contributed by atoms with Crippen LogP contribution in [-0.4, -0.2) is 23.9 Å². The quantitative estimate of drug-likeness (QED) is 0.910. The molecule has 3 N–H and O–H groups in total. The first-order valence-corrected chi connectivity index (χ1v) is 6.12. The van der Waals surface area contributed by atoms with Crippen molar-refractivity contribution in [3.8, 4) is 17.0 Å². The Balaban J connectivity index is 2.40. The number of aromatic amines is 1. The Bertz CT molecular complexity index is 510. The van der Waals surface area contributed by atoms with Crippen molar-refractivity contribution in [1.82, 2.24) is 10.2 Å². The number of H-pyrrole nitrogens is 1. The van der Waals surface area contributed by atoms with Crippen LogP contribution in [0.4, 0.5) is 0 Å². The summed E-state index contributed by atoms with van der Waals surface area (Å²) >= 11 is 3.45. The maximum atomic E-state index is 5.51. The molecule has 1 heterocycles. The van der Waals surface area contributed by atoms with Crippen LogP contribution in [0.5, 0.6) is 5.75 Å². The molecule has 17 heavy (non-hydrogen) atoms. The standard InChI is InChI=1S/C12H14BrN3O/c1-17-12-3-2-8(13)6-10(12)11-7-9(4-5-14)15-16-11/h2-3,6-7H,4-5,14H2,1H3,(H,15,16). The molecule has 0 aliphatic carbocycles. The molecule has 2 rings (SSSR count). The lowest BCUT2D eigenvalue weighted by atomic mass is 10.1. The van der Waals surface area contributed by atoms with E-state index in [1.165, 1.54) is 0 Å². The maximum absolute atomic E-state index is 5.51. The Kier molecular flexibility index (Phi) is 3.81. The first-order chi connectivity index (χ1) is 8.24. The van der Waals surface area contributed by atoms with Crippen LogP contribution >= 0.6 is 15.9 Å². The summed E-state index contributed by atoms with van der Waals surface area (Å²) in [7, 11) is 1.65. The fraction of sp³-hybridized carbons (Fsp3) is 0.250. The minimum atomic E-state index is 0.608. The molecule has 4 nitrogen and oxygen atoms in total. The Morgan fingerprint density at radius 1 is 1.41 bits per heavy atom. The summed E-state index contributed by atoms with van der Waals surface area (Å²) in [5.41, 5.74) is 8.37. The number of nitrogens with one attached hydrogen (secondary N) is 1. The Hall–Kier alpha value is -1.33. The zero-order valence-electron chi connectivity index (χ0n) is 9.53. The number of hydrogen-bond acceptors (Lipinski definition) is 3. The predicted molar refractivity (Wildman–Crippen MR) is 71.0 cm³/mol.